The Labute approximate surface area is 128 Å². The Morgan fingerprint density at radius 3 is 2.27 bits per heavy atom. The van der Waals surface area contributed by atoms with Crippen molar-refractivity contribution in [2.75, 3.05) is 26.2 Å². The Morgan fingerprint density at radius 2 is 1.68 bits per heavy atom. The maximum Gasteiger partial charge on any atom is 0.221 e. The minimum Gasteiger partial charge on any atom is -0.364 e. The minimum absolute atomic E-state index is 0.0955. The summed E-state index contributed by atoms with van der Waals surface area (Å²) >= 11 is 0. The molecular weight excluding hydrogens is 282 g/mol. The number of nitrogens with one attached hydrogen (secondary N) is 2. The Morgan fingerprint density at radius 1 is 1.09 bits per heavy atom. The molecule has 1 aliphatic carbocycles. The number of benzene rings is 1. The zero-order valence-electron chi connectivity index (χ0n) is 12.3. The molecule has 2 aliphatic rings. The molecule has 114 valence electrons. The van der Waals surface area contributed by atoms with Gasteiger partial charge in [0.15, 0.2) is 0 Å². The first-order valence-electron chi connectivity index (χ1n) is 7.25. The monoisotopic (exact) mass is 299 g/mol. The normalized spacial score (nSPS) is 18.3. The number of hydrogen-bond donors (Lipinski definition) is 2. The van der Waals surface area contributed by atoms with Gasteiger partial charge in [0.25, 0.3) is 0 Å². The number of rotatable bonds is 2. The summed E-state index contributed by atoms with van der Waals surface area (Å²) in [5.41, 5.74) is 1.14. The maximum absolute atomic E-state index is 12.8. The van der Waals surface area contributed by atoms with Crippen LogP contribution in [-0.4, -0.2) is 48.6 Å². The summed E-state index contributed by atoms with van der Waals surface area (Å²) in [5, 5.41) is 5.77. The van der Waals surface area contributed by atoms with Gasteiger partial charge in [0.2, 0.25) is 17.5 Å². The van der Waals surface area contributed by atoms with Gasteiger partial charge in [0, 0.05) is 44.2 Å². The number of nitrogens with zero attached hydrogens (tertiary/aromatic N) is 1. The highest BCUT2D eigenvalue weighted by molar-refractivity contribution is 6.27. The largest absolute Gasteiger partial charge is 0.364 e. The first kappa shape index (κ1) is 14.5. The van der Waals surface area contributed by atoms with E-state index in [-0.39, 0.29) is 23.2 Å². The second-order valence-electron chi connectivity index (χ2n) is 5.35. The van der Waals surface area contributed by atoms with Crippen LogP contribution >= 0.6 is 0 Å². The zero-order valence-corrected chi connectivity index (χ0v) is 12.3. The number of amides is 1. The van der Waals surface area contributed by atoms with Gasteiger partial charge in [-0.2, -0.15) is 0 Å². The van der Waals surface area contributed by atoms with Gasteiger partial charge in [0.05, 0.1) is 0 Å². The number of hydrogen-bond acceptors (Lipinski definition) is 5. The molecule has 1 aromatic carbocycles. The van der Waals surface area contributed by atoms with E-state index in [1.807, 2.05) is 4.90 Å². The molecular formula is C16H17N3O3. The van der Waals surface area contributed by atoms with Crippen LogP contribution in [0.25, 0.3) is 0 Å². The van der Waals surface area contributed by atoms with Crippen LogP contribution in [0.15, 0.2) is 35.7 Å². The molecule has 0 spiro atoms. The van der Waals surface area contributed by atoms with E-state index in [1.165, 1.54) is 6.92 Å². The molecule has 2 N–H and O–H groups in total. The molecule has 6 nitrogen and oxygen atoms in total. The van der Waals surface area contributed by atoms with Crippen LogP contribution in [0, 0.1) is 0 Å². The molecule has 0 aromatic heterocycles. The Bertz CT molecular complexity index is 688. The van der Waals surface area contributed by atoms with Crippen molar-refractivity contribution < 1.29 is 14.4 Å². The summed E-state index contributed by atoms with van der Waals surface area (Å²) in [5.74, 6) is -0.872. The molecule has 3 rings (SSSR count). The minimum atomic E-state index is -0.358. The fourth-order valence-corrected chi connectivity index (χ4v) is 2.84. The van der Waals surface area contributed by atoms with Crippen LogP contribution in [-0.2, 0) is 4.79 Å². The Kier molecular flexibility index (Phi) is 3.77. The maximum atomic E-state index is 12.8. The summed E-state index contributed by atoms with van der Waals surface area (Å²) in [6.07, 6.45) is 0. The van der Waals surface area contributed by atoms with Gasteiger partial charge in [-0.3, -0.25) is 14.4 Å². The van der Waals surface area contributed by atoms with Crippen molar-refractivity contribution in [1.82, 2.24) is 15.5 Å². The van der Waals surface area contributed by atoms with Gasteiger partial charge in [-0.1, -0.05) is 24.3 Å². The molecule has 6 heteroatoms. The van der Waals surface area contributed by atoms with E-state index in [0.717, 1.165) is 13.1 Å². The number of Topliss-reactive ketones (excluding diaryl/α,β-unsaturated/α-hetero) is 2. The summed E-state index contributed by atoms with van der Waals surface area (Å²) in [7, 11) is 0. The third-order valence-electron chi connectivity index (χ3n) is 3.83. The molecule has 1 heterocycles. The predicted molar refractivity (Wildman–Crippen MR) is 80.4 cm³/mol. The molecule has 1 aromatic rings. The highest BCUT2D eigenvalue weighted by Crippen LogP contribution is 2.27. The van der Waals surface area contributed by atoms with Crippen LogP contribution < -0.4 is 10.6 Å². The third-order valence-corrected chi connectivity index (χ3v) is 3.83. The summed E-state index contributed by atoms with van der Waals surface area (Å²) < 4.78 is 0. The van der Waals surface area contributed by atoms with Gasteiger partial charge >= 0.3 is 0 Å². The van der Waals surface area contributed by atoms with E-state index in [2.05, 4.69) is 10.6 Å². The number of carbonyl (C=O) groups is 3. The molecule has 0 radical (unpaired) electrons. The van der Waals surface area contributed by atoms with E-state index in [9.17, 15) is 14.4 Å². The fourth-order valence-electron chi connectivity index (χ4n) is 2.84. The van der Waals surface area contributed by atoms with Crippen molar-refractivity contribution in [3.63, 3.8) is 0 Å². The summed E-state index contributed by atoms with van der Waals surface area (Å²) in [6.45, 7) is 4.06. The van der Waals surface area contributed by atoms with E-state index in [0.29, 0.717) is 29.9 Å². The second kappa shape index (κ2) is 5.73. The summed E-state index contributed by atoms with van der Waals surface area (Å²) in [4.78, 5) is 38.9. The molecule has 0 atom stereocenters. The highest BCUT2D eigenvalue weighted by Gasteiger charge is 2.35. The number of fused-ring (bicyclic) bond motifs is 1. The average Bonchev–Trinajstić information content (AvgIpc) is 2.53. The Hall–Kier alpha value is -2.47. The molecule has 22 heavy (non-hydrogen) atoms. The van der Waals surface area contributed by atoms with Crippen LogP contribution in [0.5, 0.6) is 0 Å². The number of piperazine rings is 1. The Balaban J connectivity index is 2.12. The second-order valence-corrected chi connectivity index (χ2v) is 5.35. The first-order chi connectivity index (χ1) is 10.6. The molecule has 0 unspecified atom stereocenters. The van der Waals surface area contributed by atoms with Crippen molar-refractivity contribution in [1.29, 1.82) is 0 Å². The van der Waals surface area contributed by atoms with Crippen molar-refractivity contribution in [3.05, 3.63) is 46.8 Å². The van der Waals surface area contributed by atoms with Crippen molar-refractivity contribution in [3.8, 4) is 0 Å². The lowest BCUT2D eigenvalue weighted by Crippen LogP contribution is -2.47. The quantitative estimate of drug-likeness (QED) is 0.822. The fraction of sp³-hybridized carbons (Fsp3) is 0.312. The predicted octanol–water partition coefficient (Wildman–Crippen LogP) is 0.318. The van der Waals surface area contributed by atoms with Crippen LogP contribution in [0.1, 0.15) is 27.6 Å². The van der Waals surface area contributed by atoms with Crippen LogP contribution in [0.4, 0.5) is 0 Å². The molecule has 1 amide bonds. The van der Waals surface area contributed by atoms with Gasteiger partial charge < -0.3 is 15.5 Å². The van der Waals surface area contributed by atoms with Gasteiger partial charge in [0.1, 0.15) is 11.4 Å². The van der Waals surface area contributed by atoms with Crippen molar-refractivity contribution in [2.45, 2.75) is 6.92 Å². The first-order valence-corrected chi connectivity index (χ1v) is 7.25. The highest BCUT2D eigenvalue weighted by atomic mass is 16.2. The summed E-state index contributed by atoms with van der Waals surface area (Å²) in [6, 6.07) is 6.72. The smallest absolute Gasteiger partial charge is 0.221 e. The van der Waals surface area contributed by atoms with Gasteiger partial charge in [-0.25, -0.2) is 0 Å². The van der Waals surface area contributed by atoms with E-state index in [1.54, 1.807) is 24.3 Å². The van der Waals surface area contributed by atoms with Crippen LogP contribution in [0.3, 0.4) is 0 Å². The topological polar surface area (TPSA) is 78.5 Å². The van der Waals surface area contributed by atoms with E-state index < -0.39 is 0 Å². The average molecular weight is 299 g/mol. The molecule has 1 saturated heterocycles. The van der Waals surface area contributed by atoms with E-state index >= 15 is 0 Å². The number of carbonyl (C=O) groups excluding carboxylic acids is 3. The number of ketones is 2. The third kappa shape index (κ3) is 2.42. The van der Waals surface area contributed by atoms with Gasteiger partial charge in [-0.05, 0) is 0 Å². The lowest BCUT2D eigenvalue weighted by atomic mass is 9.89. The zero-order chi connectivity index (χ0) is 15.7. The number of allylic oxidation sites excluding steroid dienone is 2. The van der Waals surface area contributed by atoms with Crippen LogP contribution in [0.2, 0.25) is 0 Å². The molecule has 1 fully saturated rings. The molecule has 0 bridgehead atoms. The standard InChI is InChI=1S/C16H17N3O3/c1-10(20)18-13-14(19-8-6-17-7-9-19)16(22)12-5-3-2-4-11(12)15(13)21/h2-5,17H,6-9H2,1H3,(H,18,20). The van der Waals surface area contributed by atoms with Crippen molar-refractivity contribution >= 4 is 17.5 Å². The lowest BCUT2D eigenvalue weighted by Gasteiger charge is -2.34. The van der Waals surface area contributed by atoms with Crippen molar-refractivity contribution in [2.24, 2.45) is 0 Å². The molecule has 1 aliphatic heterocycles. The molecule has 0 saturated carbocycles. The lowest BCUT2D eigenvalue weighted by molar-refractivity contribution is -0.118. The van der Waals surface area contributed by atoms with E-state index in [4.69, 9.17) is 0 Å². The van der Waals surface area contributed by atoms with Gasteiger partial charge in [-0.15, -0.1) is 0 Å². The SMILES string of the molecule is CC(=O)NC1=C(N2CCNCC2)C(=O)c2ccccc2C1=O.